The van der Waals surface area contributed by atoms with Crippen molar-refractivity contribution in [2.24, 2.45) is 10.9 Å². The van der Waals surface area contributed by atoms with Gasteiger partial charge in [-0.05, 0) is 44.9 Å². The van der Waals surface area contributed by atoms with Crippen molar-refractivity contribution >= 4 is 35.8 Å². The van der Waals surface area contributed by atoms with E-state index in [2.05, 4.69) is 22.5 Å². The molecule has 27 heavy (non-hydrogen) atoms. The van der Waals surface area contributed by atoms with E-state index < -0.39 is 0 Å². The van der Waals surface area contributed by atoms with E-state index in [1.165, 1.54) is 51.4 Å². The van der Waals surface area contributed by atoms with Gasteiger partial charge in [0.1, 0.15) is 6.54 Å². The van der Waals surface area contributed by atoms with Crippen LogP contribution in [-0.2, 0) is 9.53 Å². The molecular weight excluding hydrogens is 455 g/mol. The fourth-order valence-corrected chi connectivity index (χ4v) is 4.04. The number of ether oxygens (including phenoxy) is 1. The van der Waals surface area contributed by atoms with Crippen LogP contribution in [0.4, 0.5) is 0 Å². The molecule has 0 aromatic heterocycles. The Bertz CT molecular complexity index is 447. The number of hydrogen-bond acceptors (Lipinski definition) is 3. The summed E-state index contributed by atoms with van der Waals surface area (Å²) in [7, 11) is 3.53. The van der Waals surface area contributed by atoms with Gasteiger partial charge in [0.2, 0.25) is 5.91 Å². The minimum atomic E-state index is 0. The Labute approximate surface area is 182 Å². The van der Waals surface area contributed by atoms with Gasteiger partial charge in [0.15, 0.2) is 5.96 Å². The Balaban J connectivity index is 0.00000364. The predicted molar refractivity (Wildman–Crippen MR) is 122 cm³/mol. The molecule has 0 aromatic rings. The Hall–Kier alpha value is -0.570. The van der Waals surface area contributed by atoms with Gasteiger partial charge in [-0.1, -0.05) is 25.7 Å². The molecule has 0 saturated heterocycles. The van der Waals surface area contributed by atoms with Crippen molar-refractivity contribution in [3.63, 3.8) is 0 Å². The average Bonchev–Trinajstić information content (AvgIpc) is 3.32. The minimum absolute atomic E-state index is 0. The van der Waals surface area contributed by atoms with Crippen LogP contribution in [0, 0.1) is 5.92 Å². The summed E-state index contributed by atoms with van der Waals surface area (Å²) in [5.41, 5.74) is 0. The van der Waals surface area contributed by atoms with Crippen LogP contribution in [0.2, 0.25) is 0 Å². The van der Waals surface area contributed by atoms with Crippen LogP contribution < -0.4 is 10.6 Å². The van der Waals surface area contributed by atoms with Gasteiger partial charge in [-0.15, -0.1) is 24.0 Å². The summed E-state index contributed by atoms with van der Waals surface area (Å²) in [5.74, 6) is 1.50. The zero-order valence-corrected chi connectivity index (χ0v) is 19.7. The zero-order chi connectivity index (χ0) is 18.8. The molecule has 0 heterocycles. The largest absolute Gasteiger partial charge is 0.378 e. The summed E-state index contributed by atoms with van der Waals surface area (Å²) in [5, 5.41) is 6.95. The Kier molecular flexibility index (Phi) is 12.3. The molecule has 2 saturated carbocycles. The number of aliphatic imine (C=N–C) groups is 1. The number of nitrogens with zero attached hydrogens (tertiary/aromatic N) is 2. The number of halogens is 1. The molecule has 0 radical (unpaired) electrons. The maximum absolute atomic E-state index is 11.9. The number of rotatable bonds is 9. The summed E-state index contributed by atoms with van der Waals surface area (Å²) in [4.78, 5) is 18.0. The summed E-state index contributed by atoms with van der Waals surface area (Å²) in [6, 6.07) is 0.480. The van der Waals surface area contributed by atoms with Crippen molar-refractivity contribution in [2.45, 2.75) is 76.9 Å². The molecular formula is C20H39IN4O2. The molecule has 2 fully saturated rings. The maximum atomic E-state index is 11.9. The fraction of sp³-hybridized carbons (Fsp3) is 0.900. The molecule has 2 aliphatic rings. The number of amides is 1. The van der Waals surface area contributed by atoms with E-state index in [0.717, 1.165) is 25.5 Å². The molecule has 158 valence electrons. The lowest BCUT2D eigenvalue weighted by molar-refractivity contribution is -0.127. The minimum Gasteiger partial charge on any atom is -0.378 e. The highest BCUT2D eigenvalue weighted by Gasteiger charge is 2.25. The van der Waals surface area contributed by atoms with E-state index in [0.29, 0.717) is 18.1 Å². The first-order chi connectivity index (χ1) is 12.6. The monoisotopic (exact) mass is 494 g/mol. The Morgan fingerprint density at radius 2 is 1.78 bits per heavy atom. The van der Waals surface area contributed by atoms with E-state index in [-0.39, 0.29) is 36.4 Å². The van der Waals surface area contributed by atoms with Crippen LogP contribution >= 0.6 is 24.0 Å². The third-order valence-corrected chi connectivity index (χ3v) is 5.59. The molecule has 0 bridgehead atoms. The average molecular weight is 494 g/mol. The number of carbonyl (C=O) groups is 1. The van der Waals surface area contributed by atoms with Crippen LogP contribution in [0.15, 0.2) is 4.99 Å². The van der Waals surface area contributed by atoms with Gasteiger partial charge in [-0.3, -0.25) is 4.79 Å². The lowest BCUT2D eigenvalue weighted by atomic mass is 9.98. The SMILES string of the molecule is CCOC(CCNC(=NCC(=O)N(C)C)NC1CCCC1)C1CCCC1.I. The van der Waals surface area contributed by atoms with Gasteiger partial charge >= 0.3 is 0 Å². The lowest BCUT2D eigenvalue weighted by Crippen LogP contribution is -2.44. The second-order valence-corrected chi connectivity index (χ2v) is 7.83. The standard InChI is InChI=1S/C20H38N4O2.HI/c1-4-26-18(16-9-5-6-10-16)13-14-21-20(22-15-19(25)24(2)3)23-17-11-7-8-12-17;/h16-18H,4-15H2,1-3H3,(H2,21,22,23);1H. The van der Waals surface area contributed by atoms with Gasteiger partial charge in [-0.2, -0.15) is 0 Å². The van der Waals surface area contributed by atoms with Gasteiger partial charge in [0.25, 0.3) is 0 Å². The highest BCUT2D eigenvalue weighted by Crippen LogP contribution is 2.30. The highest BCUT2D eigenvalue weighted by atomic mass is 127. The first-order valence-corrected chi connectivity index (χ1v) is 10.5. The molecule has 1 unspecified atom stereocenters. The quantitative estimate of drug-likeness (QED) is 0.294. The van der Waals surface area contributed by atoms with Gasteiger partial charge in [0, 0.05) is 33.3 Å². The molecule has 1 atom stereocenters. The Morgan fingerprint density at radius 1 is 1.15 bits per heavy atom. The van der Waals surface area contributed by atoms with Crippen LogP contribution in [0.5, 0.6) is 0 Å². The van der Waals surface area contributed by atoms with Crippen molar-refractivity contribution in [1.82, 2.24) is 15.5 Å². The molecule has 1 amide bonds. The molecule has 0 aromatic carbocycles. The molecule has 7 heteroatoms. The van der Waals surface area contributed by atoms with Crippen LogP contribution in [0.3, 0.4) is 0 Å². The second kappa shape index (κ2) is 13.6. The molecule has 2 aliphatic carbocycles. The van der Waals surface area contributed by atoms with E-state index >= 15 is 0 Å². The molecule has 2 N–H and O–H groups in total. The summed E-state index contributed by atoms with van der Waals surface area (Å²) in [6.45, 7) is 3.87. The number of likely N-dealkylation sites (N-methyl/N-ethyl adjacent to an activating group) is 1. The van der Waals surface area contributed by atoms with Crippen molar-refractivity contribution in [3.05, 3.63) is 0 Å². The lowest BCUT2D eigenvalue weighted by Gasteiger charge is -2.24. The highest BCUT2D eigenvalue weighted by molar-refractivity contribution is 14.0. The van der Waals surface area contributed by atoms with E-state index in [9.17, 15) is 4.79 Å². The predicted octanol–water partition coefficient (Wildman–Crippen LogP) is 3.16. The normalized spacial score (nSPS) is 19.6. The number of hydrogen-bond donors (Lipinski definition) is 2. The molecule has 6 nitrogen and oxygen atoms in total. The van der Waals surface area contributed by atoms with Crippen molar-refractivity contribution < 1.29 is 9.53 Å². The van der Waals surface area contributed by atoms with Crippen molar-refractivity contribution in [3.8, 4) is 0 Å². The number of nitrogens with one attached hydrogen (secondary N) is 2. The number of carbonyl (C=O) groups excluding carboxylic acids is 1. The van der Waals surface area contributed by atoms with E-state index in [4.69, 9.17) is 4.74 Å². The smallest absolute Gasteiger partial charge is 0.243 e. The van der Waals surface area contributed by atoms with Crippen LogP contribution in [0.25, 0.3) is 0 Å². The summed E-state index contributed by atoms with van der Waals surface area (Å²) >= 11 is 0. The summed E-state index contributed by atoms with van der Waals surface area (Å²) < 4.78 is 6.01. The van der Waals surface area contributed by atoms with E-state index in [1.807, 2.05) is 0 Å². The molecule has 0 spiro atoms. The van der Waals surface area contributed by atoms with E-state index in [1.54, 1.807) is 19.0 Å². The van der Waals surface area contributed by atoms with Gasteiger partial charge in [-0.25, -0.2) is 4.99 Å². The van der Waals surface area contributed by atoms with Crippen LogP contribution in [0.1, 0.15) is 64.7 Å². The van der Waals surface area contributed by atoms with Gasteiger partial charge in [0.05, 0.1) is 6.10 Å². The molecule has 0 aliphatic heterocycles. The third-order valence-electron chi connectivity index (χ3n) is 5.59. The maximum Gasteiger partial charge on any atom is 0.243 e. The molecule has 2 rings (SSSR count). The van der Waals surface area contributed by atoms with Crippen molar-refractivity contribution in [2.75, 3.05) is 33.8 Å². The topological polar surface area (TPSA) is 66.0 Å². The third kappa shape index (κ3) is 8.98. The Morgan fingerprint density at radius 3 is 2.37 bits per heavy atom. The number of guanidine groups is 1. The first-order valence-electron chi connectivity index (χ1n) is 10.5. The van der Waals surface area contributed by atoms with Crippen molar-refractivity contribution in [1.29, 1.82) is 0 Å². The van der Waals surface area contributed by atoms with Crippen LogP contribution in [-0.4, -0.2) is 62.7 Å². The second-order valence-electron chi connectivity index (χ2n) is 7.83. The van der Waals surface area contributed by atoms with Gasteiger partial charge < -0.3 is 20.3 Å². The first kappa shape index (κ1) is 24.5. The summed E-state index contributed by atoms with van der Waals surface area (Å²) in [6.07, 6.45) is 11.5. The fourth-order valence-electron chi connectivity index (χ4n) is 4.04. The zero-order valence-electron chi connectivity index (χ0n) is 17.3.